The average molecular weight is 413 g/mol. The molecule has 174 valence electrons. The summed E-state index contributed by atoms with van der Waals surface area (Å²) in [6.07, 6.45) is 13.7. The number of unbranched alkanes of at least 4 members (excludes halogenated alkanes) is 4. The van der Waals surface area contributed by atoms with Gasteiger partial charge in [0.1, 0.15) is 6.29 Å². The Kier molecular flexibility index (Phi) is 15.2. The van der Waals surface area contributed by atoms with Crippen LogP contribution in [0.2, 0.25) is 0 Å². The molecule has 0 aliphatic rings. The van der Waals surface area contributed by atoms with Gasteiger partial charge in [-0.2, -0.15) is 0 Å². The summed E-state index contributed by atoms with van der Waals surface area (Å²) in [4.78, 5) is 12.6. The van der Waals surface area contributed by atoms with Gasteiger partial charge in [-0.25, -0.2) is 0 Å². The molecule has 0 aliphatic heterocycles. The summed E-state index contributed by atoms with van der Waals surface area (Å²) >= 11 is 0. The summed E-state index contributed by atoms with van der Waals surface area (Å²) in [5.41, 5.74) is -2.24. The lowest BCUT2D eigenvalue weighted by Gasteiger charge is -2.50. The van der Waals surface area contributed by atoms with Crippen molar-refractivity contribution in [1.82, 2.24) is 0 Å². The Balaban J connectivity index is 6.23. The van der Waals surface area contributed by atoms with E-state index in [1.54, 1.807) is 0 Å². The monoisotopic (exact) mass is 412 g/mol. The van der Waals surface area contributed by atoms with Crippen molar-refractivity contribution >= 4 is 6.29 Å². The van der Waals surface area contributed by atoms with Crippen molar-refractivity contribution in [3.63, 3.8) is 0 Å². The Labute approximate surface area is 182 Å². The first kappa shape index (κ1) is 28.6. The van der Waals surface area contributed by atoms with Crippen LogP contribution in [-0.4, -0.2) is 27.7 Å². The van der Waals surface area contributed by atoms with Crippen molar-refractivity contribution in [2.75, 3.05) is 0 Å². The van der Waals surface area contributed by atoms with Gasteiger partial charge in [0.05, 0.1) is 17.1 Å². The molecule has 0 fully saturated rings. The summed E-state index contributed by atoms with van der Waals surface area (Å²) in [5.74, 6) is -0.598. The van der Waals surface area contributed by atoms with Crippen LogP contribution in [0.3, 0.4) is 0 Å². The van der Waals surface area contributed by atoms with Crippen LogP contribution in [0.25, 0.3) is 0 Å². The molecule has 0 spiro atoms. The van der Waals surface area contributed by atoms with E-state index in [4.69, 9.17) is 0 Å². The number of hydrogen-bond acceptors (Lipinski definition) is 3. The lowest BCUT2D eigenvalue weighted by atomic mass is 9.60. The molecular weight excluding hydrogens is 360 g/mol. The number of carbonyl (C=O) groups is 1. The van der Waals surface area contributed by atoms with Gasteiger partial charge in [0, 0.05) is 0 Å². The highest BCUT2D eigenvalue weighted by Gasteiger charge is 2.54. The zero-order chi connectivity index (χ0) is 22.3. The fourth-order valence-corrected chi connectivity index (χ4v) is 5.33. The van der Waals surface area contributed by atoms with Crippen molar-refractivity contribution < 1.29 is 15.0 Å². The fraction of sp³-hybridized carbons (Fsp3) is 0.962. The van der Waals surface area contributed by atoms with E-state index in [2.05, 4.69) is 41.5 Å². The molecule has 4 atom stereocenters. The SMILES string of the molecule is CCCCC(CC)C(O)(CCCC)C(C=O)C(O)(CCCC)C(CC)CCCC. The van der Waals surface area contributed by atoms with Gasteiger partial charge in [-0.3, -0.25) is 0 Å². The van der Waals surface area contributed by atoms with Gasteiger partial charge in [0.2, 0.25) is 0 Å². The minimum atomic E-state index is -1.12. The predicted molar refractivity (Wildman–Crippen MR) is 125 cm³/mol. The zero-order valence-corrected chi connectivity index (χ0v) is 20.5. The maximum absolute atomic E-state index is 12.6. The van der Waals surface area contributed by atoms with Crippen LogP contribution in [0.1, 0.15) is 131 Å². The van der Waals surface area contributed by atoms with Crippen LogP contribution >= 0.6 is 0 Å². The molecule has 0 aromatic carbocycles. The molecule has 0 aromatic heterocycles. The summed E-state index contributed by atoms with van der Waals surface area (Å²) in [6.45, 7) is 12.8. The Bertz CT molecular complexity index is 377. The average Bonchev–Trinajstić information content (AvgIpc) is 2.72. The highest BCUT2D eigenvalue weighted by atomic mass is 16.3. The van der Waals surface area contributed by atoms with Gasteiger partial charge < -0.3 is 15.0 Å². The van der Waals surface area contributed by atoms with Gasteiger partial charge in [0.25, 0.3) is 0 Å². The van der Waals surface area contributed by atoms with Crippen molar-refractivity contribution in [2.45, 2.75) is 143 Å². The van der Waals surface area contributed by atoms with Crippen LogP contribution < -0.4 is 0 Å². The summed E-state index contributed by atoms with van der Waals surface area (Å²) in [6, 6.07) is 0. The number of aldehydes is 1. The molecule has 0 heterocycles. The number of aliphatic hydroxyl groups is 2. The van der Waals surface area contributed by atoms with Crippen molar-refractivity contribution in [2.24, 2.45) is 17.8 Å². The second-order valence-electron chi connectivity index (χ2n) is 9.30. The van der Waals surface area contributed by atoms with E-state index in [1.165, 1.54) is 0 Å². The second-order valence-corrected chi connectivity index (χ2v) is 9.30. The molecule has 0 aromatic rings. The van der Waals surface area contributed by atoms with E-state index in [9.17, 15) is 15.0 Å². The summed E-state index contributed by atoms with van der Waals surface area (Å²) < 4.78 is 0. The molecule has 0 rings (SSSR count). The number of rotatable bonds is 19. The van der Waals surface area contributed by atoms with Crippen molar-refractivity contribution in [3.05, 3.63) is 0 Å². The molecule has 29 heavy (non-hydrogen) atoms. The number of carbonyl (C=O) groups excluding carboxylic acids is 1. The predicted octanol–water partition coefficient (Wildman–Crippen LogP) is 7.08. The first-order valence-corrected chi connectivity index (χ1v) is 12.8. The largest absolute Gasteiger partial charge is 0.389 e. The van der Waals surface area contributed by atoms with E-state index >= 15 is 0 Å². The standard InChI is InChI=1S/C26H52O3/c1-7-13-17-22(11-5)25(28,19-15-9-3)24(21-27)26(29,20-16-10-4)23(12-6)18-14-8-2/h21-24,28-29H,7-20H2,1-6H3. The Hall–Kier alpha value is -0.410. The van der Waals surface area contributed by atoms with Crippen LogP contribution in [0.5, 0.6) is 0 Å². The third-order valence-electron chi connectivity index (χ3n) is 7.29. The smallest absolute Gasteiger partial charge is 0.128 e. The Morgan fingerprint density at radius 1 is 0.655 bits per heavy atom. The topological polar surface area (TPSA) is 57.5 Å². The molecule has 4 unspecified atom stereocenters. The fourth-order valence-electron chi connectivity index (χ4n) is 5.33. The number of hydrogen-bond donors (Lipinski definition) is 2. The van der Waals surface area contributed by atoms with E-state index in [0.29, 0.717) is 12.8 Å². The Morgan fingerprint density at radius 3 is 1.24 bits per heavy atom. The minimum absolute atomic E-state index is 0.0565. The summed E-state index contributed by atoms with van der Waals surface area (Å²) in [5, 5.41) is 24.2. The zero-order valence-electron chi connectivity index (χ0n) is 20.5. The molecular formula is C26H52O3. The molecule has 0 amide bonds. The molecule has 3 heteroatoms. The quantitative estimate of drug-likeness (QED) is 0.223. The van der Waals surface area contributed by atoms with Gasteiger partial charge in [-0.15, -0.1) is 0 Å². The van der Waals surface area contributed by atoms with Gasteiger partial charge in [0.15, 0.2) is 0 Å². The van der Waals surface area contributed by atoms with Crippen molar-refractivity contribution in [3.8, 4) is 0 Å². The third kappa shape index (κ3) is 7.98. The van der Waals surface area contributed by atoms with Crippen LogP contribution in [0.15, 0.2) is 0 Å². The maximum Gasteiger partial charge on any atom is 0.128 e. The van der Waals surface area contributed by atoms with E-state index in [-0.39, 0.29) is 11.8 Å². The Morgan fingerprint density at radius 2 is 1.00 bits per heavy atom. The highest BCUT2D eigenvalue weighted by molar-refractivity contribution is 5.58. The highest BCUT2D eigenvalue weighted by Crippen LogP contribution is 2.47. The molecule has 0 bridgehead atoms. The van der Waals surface area contributed by atoms with Crippen LogP contribution in [-0.2, 0) is 4.79 Å². The first-order valence-electron chi connectivity index (χ1n) is 12.8. The maximum atomic E-state index is 12.6. The minimum Gasteiger partial charge on any atom is -0.389 e. The molecule has 0 aliphatic carbocycles. The van der Waals surface area contributed by atoms with Gasteiger partial charge >= 0.3 is 0 Å². The molecule has 2 N–H and O–H groups in total. The van der Waals surface area contributed by atoms with Gasteiger partial charge in [-0.05, 0) is 37.5 Å². The van der Waals surface area contributed by atoms with Crippen LogP contribution in [0, 0.1) is 17.8 Å². The lowest BCUT2D eigenvalue weighted by molar-refractivity contribution is -0.183. The first-order chi connectivity index (χ1) is 13.9. The normalized spacial score (nSPS) is 19.2. The lowest BCUT2D eigenvalue weighted by Crippen LogP contribution is -2.59. The third-order valence-corrected chi connectivity index (χ3v) is 7.29. The molecule has 0 radical (unpaired) electrons. The molecule has 0 saturated carbocycles. The van der Waals surface area contributed by atoms with E-state index in [1.807, 2.05) is 0 Å². The molecule has 0 saturated heterocycles. The second kappa shape index (κ2) is 15.4. The summed E-state index contributed by atoms with van der Waals surface area (Å²) in [7, 11) is 0. The van der Waals surface area contributed by atoms with Crippen LogP contribution in [0.4, 0.5) is 0 Å². The van der Waals surface area contributed by atoms with Gasteiger partial charge in [-0.1, -0.05) is 106 Å². The van der Waals surface area contributed by atoms with E-state index < -0.39 is 17.1 Å². The molecule has 3 nitrogen and oxygen atoms in total. The van der Waals surface area contributed by atoms with E-state index in [0.717, 1.165) is 83.3 Å². The van der Waals surface area contributed by atoms with Crippen molar-refractivity contribution in [1.29, 1.82) is 0 Å².